The minimum absolute atomic E-state index is 0.0264. The fourth-order valence-electron chi connectivity index (χ4n) is 3.24. The zero-order chi connectivity index (χ0) is 20.8. The number of hydrogen-bond donors (Lipinski definition) is 1. The molecule has 3 aromatic rings. The second-order valence-electron chi connectivity index (χ2n) is 7.53. The highest BCUT2D eigenvalue weighted by atomic mass is 32.1. The summed E-state index contributed by atoms with van der Waals surface area (Å²) in [6.07, 6.45) is 0.877. The number of hydrogen-bond acceptors (Lipinski definition) is 4. The Kier molecular flexibility index (Phi) is 7.23. The van der Waals surface area contributed by atoms with Gasteiger partial charge in [-0.05, 0) is 25.3 Å². The average Bonchev–Trinajstić information content (AvgIpc) is 3.32. The van der Waals surface area contributed by atoms with Crippen LogP contribution in [-0.2, 0) is 11.3 Å². The van der Waals surface area contributed by atoms with E-state index in [9.17, 15) is 4.79 Å². The topological polar surface area (TPSA) is 56.2 Å². The SMILES string of the molecule is COCCCn1c(-c2csc(-c3ccccc3)n2)cc(C(=O)NCC(C)C)c1C. The maximum Gasteiger partial charge on any atom is 0.253 e. The summed E-state index contributed by atoms with van der Waals surface area (Å²) in [5.74, 6) is 0.385. The highest BCUT2D eigenvalue weighted by Crippen LogP contribution is 2.31. The van der Waals surface area contributed by atoms with E-state index >= 15 is 0 Å². The van der Waals surface area contributed by atoms with Gasteiger partial charge in [0.05, 0.1) is 17.0 Å². The number of methoxy groups -OCH3 is 1. The van der Waals surface area contributed by atoms with Gasteiger partial charge in [-0.15, -0.1) is 11.3 Å². The summed E-state index contributed by atoms with van der Waals surface area (Å²) in [4.78, 5) is 17.6. The first-order chi connectivity index (χ1) is 14.0. The van der Waals surface area contributed by atoms with E-state index in [0.29, 0.717) is 24.6 Å². The van der Waals surface area contributed by atoms with Gasteiger partial charge < -0.3 is 14.6 Å². The number of nitrogens with zero attached hydrogens (tertiary/aromatic N) is 2. The van der Waals surface area contributed by atoms with Crippen molar-refractivity contribution in [3.63, 3.8) is 0 Å². The number of nitrogens with one attached hydrogen (secondary N) is 1. The van der Waals surface area contributed by atoms with Crippen molar-refractivity contribution in [3.8, 4) is 22.0 Å². The van der Waals surface area contributed by atoms with Gasteiger partial charge in [0.1, 0.15) is 5.01 Å². The lowest BCUT2D eigenvalue weighted by Gasteiger charge is -2.11. The van der Waals surface area contributed by atoms with Crippen molar-refractivity contribution in [2.75, 3.05) is 20.3 Å². The number of ether oxygens (including phenoxy) is 1. The molecule has 0 bridgehead atoms. The Morgan fingerprint density at radius 1 is 1.28 bits per heavy atom. The fourth-order valence-corrected chi connectivity index (χ4v) is 4.06. The van der Waals surface area contributed by atoms with E-state index in [0.717, 1.165) is 40.6 Å². The van der Waals surface area contributed by atoms with Gasteiger partial charge >= 0.3 is 0 Å². The predicted octanol–water partition coefficient (Wildman–Crippen LogP) is 5.01. The van der Waals surface area contributed by atoms with Crippen LogP contribution in [0.15, 0.2) is 41.8 Å². The van der Waals surface area contributed by atoms with E-state index < -0.39 is 0 Å². The lowest BCUT2D eigenvalue weighted by atomic mass is 10.2. The number of thiazole rings is 1. The third-order valence-corrected chi connectivity index (χ3v) is 5.69. The fraction of sp³-hybridized carbons (Fsp3) is 0.391. The van der Waals surface area contributed by atoms with Gasteiger partial charge in [-0.1, -0.05) is 44.2 Å². The summed E-state index contributed by atoms with van der Waals surface area (Å²) in [7, 11) is 1.71. The Bertz CT molecular complexity index is 944. The van der Waals surface area contributed by atoms with Crippen molar-refractivity contribution in [2.24, 2.45) is 5.92 Å². The van der Waals surface area contributed by atoms with Crippen LogP contribution in [0.25, 0.3) is 22.0 Å². The molecule has 0 saturated heterocycles. The van der Waals surface area contributed by atoms with Crippen LogP contribution >= 0.6 is 11.3 Å². The van der Waals surface area contributed by atoms with Crippen molar-refractivity contribution in [1.29, 1.82) is 0 Å². The summed E-state index contributed by atoms with van der Waals surface area (Å²) in [5.41, 5.74) is 4.66. The van der Waals surface area contributed by atoms with Crippen molar-refractivity contribution in [1.82, 2.24) is 14.9 Å². The first-order valence-electron chi connectivity index (χ1n) is 9.99. The van der Waals surface area contributed by atoms with E-state index in [-0.39, 0.29) is 5.91 Å². The van der Waals surface area contributed by atoms with Gasteiger partial charge in [0.2, 0.25) is 0 Å². The molecule has 5 nitrogen and oxygen atoms in total. The van der Waals surface area contributed by atoms with Crippen LogP contribution in [0.1, 0.15) is 36.3 Å². The van der Waals surface area contributed by atoms with Gasteiger partial charge in [0.15, 0.2) is 0 Å². The van der Waals surface area contributed by atoms with E-state index in [1.54, 1.807) is 18.4 Å². The third kappa shape index (κ3) is 5.14. The molecule has 0 fully saturated rings. The van der Waals surface area contributed by atoms with Gasteiger partial charge in [-0.2, -0.15) is 0 Å². The van der Waals surface area contributed by atoms with E-state index in [4.69, 9.17) is 9.72 Å². The third-order valence-electron chi connectivity index (χ3n) is 4.80. The minimum Gasteiger partial charge on any atom is -0.385 e. The number of carbonyl (C=O) groups excluding carboxylic acids is 1. The Hall–Kier alpha value is -2.44. The predicted molar refractivity (Wildman–Crippen MR) is 119 cm³/mol. The number of benzene rings is 1. The molecule has 3 rings (SSSR count). The molecule has 1 amide bonds. The second kappa shape index (κ2) is 9.85. The molecule has 0 unspecified atom stereocenters. The van der Waals surface area contributed by atoms with Crippen LogP contribution in [-0.4, -0.2) is 35.7 Å². The monoisotopic (exact) mass is 411 g/mol. The lowest BCUT2D eigenvalue weighted by molar-refractivity contribution is 0.0948. The molecule has 29 heavy (non-hydrogen) atoms. The standard InChI is InChI=1S/C23H29N3O2S/c1-16(2)14-24-22(27)19-13-21(26(17(19)3)11-8-12-28-4)20-15-29-23(25-20)18-9-6-5-7-10-18/h5-7,9-10,13,15-16H,8,11-12,14H2,1-4H3,(H,24,27). The molecule has 1 N–H and O–H groups in total. The van der Waals surface area contributed by atoms with E-state index in [2.05, 4.69) is 41.2 Å². The molecule has 0 spiro atoms. The Morgan fingerprint density at radius 3 is 2.72 bits per heavy atom. The maximum atomic E-state index is 12.8. The van der Waals surface area contributed by atoms with Crippen molar-refractivity contribution in [2.45, 2.75) is 33.7 Å². The summed E-state index contributed by atoms with van der Waals surface area (Å²) in [6.45, 7) is 8.31. The van der Waals surface area contributed by atoms with Crippen LogP contribution in [0.5, 0.6) is 0 Å². The van der Waals surface area contributed by atoms with Crippen LogP contribution in [0.3, 0.4) is 0 Å². The first-order valence-corrected chi connectivity index (χ1v) is 10.9. The molecule has 0 radical (unpaired) electrons. The molecule has 6 heteroatoms. The van der Waals surface area contributed by atoms with Gasteiger partial charge in [0, 0.05) is 43.4 Å². The van der Waals surface area contributed by atoms with E-state index in [1.807, 2.05) is 31.2 Å². The van der Waals surface area contributed by atoms with Gasteiger partial charge in [-0.25, -0.2) is 4.98 Å². The summed E-state index contributed by atoms with van der Waals surface area (Å²) < 4.78 is 7.41. The van der Waals surface area contributed by atoms with Crippen LogP contribution in [0.4, 0.5) is 0 Å². The van der Waals surface area contributed by atoms with Crippen LogP contribution in [0, 0.1) is 12.8 Å². The minimum atomic E-state index is -0.0264. The number of amides is 1. The lowest BCUT2D eigenvalue weighted by Crippen LogP contribution is -2.27. The smallest absolute Gasteiger partial charge is 0.253 e. The molecule has 2 aromatic heterocycles. The molecular weight excluding hydrogens is 382 g/mol. The molecule has 0 saturated carbocycles. The van der Waals surface area contributed by atoms with Crippen molar-refractivity contribution in [3.05, 3.63) is 53.0 Å². The number of carbonyl (C=O) groups is 1. The highest BCUT2D eigenvalue weighted by molar-refractivity contribution is 7.13. The molecule has 154 valence electrons. The summed E-state index contributed by atoms with van der Waals surface area (Å²) >= 11 is 1.62. The quantitative estimate of drug-likeness (QED) is 0.504. The zero-order valence-corrected chi connectivity index (χ0v) is 18.4. The zero-order valence-electron chi connectivity index (χ0n) is 17.6. The Balaban J connectivity index is 1.95. The number of aromatic nitrogens is 2. The largest absolute Gasteiger partial charge is 0.385 e. The molecule has 0 atom stereocenters. The van der Waals surface area contributed by atoms with Crippen LogP contribution in [0.2, 0.25) is 0 Å². The Morgan fingerprint density at radius 2 is 2.03 bits per heavy atom. The normalized spacial score (nSPS) is 11.2. The van der Waals surface area contributed by atoms with Crippen LogP contribution < -0.4 is 5.32 Å². The Labute approximate surface area is 176 Å². The highest BCUT2D eigenvalue weighted by Gasteiger charge is 2.20. The second-order valence-corrected chi connectivity index (χ2v) is 8.39. The molecule has 0 aliphatic rings. The van der Waals surface area contributed by atoms with Crippen molar-refractivity contribution >= 4 is 17.2 Å². The maximum absolute atomic E-state index is 12.8. The van der Waals surface area contributed by atoms with E-state index in [1.165, 1.54) is 0 Å². The summed E-state index contributed by atoms with van der Waals surface area (Å²) in [6, 6.07) is 12.1. The average molecular weight is 412 g/mol. The first kappa shape index (κ1) is 21.3. The van der Waals surface area contributed by atoms with Gasteiger partial charge in [-0.3, -0.25) is 4.79 Å². The van der Waals surface area contributed by atoms with Crippen molar-refractivity contribution < 1.29 is 9.53 Å². The molecule has 1 aromatic carbocycles. The molecular formula is C23H29N3O2S. The summed E-state index contributed by atoms with van der Waals surface area (Å²) in [5, 5.41) is 6.08. The molecule has 2 heterocycles. The molecule has 0 aliphatic carbocycles. The van der Waals surface area contributed by atoms with Gasteiger partial charge in [0.25, 0.3) is 5.91 Å². The molecule has 0 aliphatic heterocycles. The number of rotatable bonds is 9.